The van der Waals surface area contributed by atoms with E-state index in [0.717, 1.165) is 18.7 Å². The molecule has 0 aliphatic heterocycles. The van der Waals surface area contributed by atoms with Crippen LogP contribution in [0.5, 0.6) is 0 Å². The molecule has 14 heavy (non-hydrogen) atoms. The molecule has 0 unspecified atom stereocenters. The molecule has 1 heterocycles. The molecule has 1 aliphatic carbocycles. The summed E-state index contributed by atoms with van der Waals surface area (Å²) in [5, 5.41) is 8.01. The molecule has 1 fully saturated rings. The van der Waals surface area contributed by atoms with Gasteiger partial charge in [-0.3, -0.25) is 0 Å². The molecule has 0 bridgehead atoms. The molecule has 1 atom stereocenters. The molecule has 2 rings (SSSR count). The van der Waals surface area contributed by atoms with E-state index >= 15 is 0 Å². The first-order valence-electron chi connectivity index (χ1n) is 4.92. The molecule has 0 radical (unpaired) electrons. The van der Waals surface area contributed by atoms with Crippen LogP contribution < -0.4 is 5.73 Å². The normalized spacial score (nSPS) is 28.1. The van der Waals surface area contributed by atoms with Crippen LogP contribution >= 0.6 is 0 Å². The lowest BCUT2D eigenvalue weighted by molar-refractivity contribution is 0.286. The van der Waals surface area contributed by atoms with Gasteiger partial charge in [0.15, 0.2) is 0 Å². The summed E-state index contributed by atoms with van der Waals surface area (Å²) in [5.74, 6) is 1.89. The van der Waals surface area contributed by atoms with Gasteiger partial charge in [0.05, 0.1) is 5.92 Å². The van der Waals surface area contributed by atoms with Crippen molar-refractivity contribution in [2.75, 3.05) is 0 Å². The zero-order valence-electron chi connectivity index (χ0n) is 8.31. The number of nitrogens with two attached hydrogens (primary N) is 1. The maximum atomic E-state index is 5.69. The molecule has 2 N–H and O–H groups in total. The van der Waals surface area contributed by atoms with E-state index < -0.39 is 0 Å². The largest absolute Gasteiger partial charge is 0.424 e. The summed E-state index contributed by atoms with van der Waals surface area (Å²) in [7, 11) is 0. The Bertz CT molecular complexity index is 328. The van der Waals surface area contributed by atoms with Crippen LogP contribution in [0.2, 0.25) is 0 Å². The smallest absolute Gasteiger partial charge is 0.223 e. The summed E-state index contributed by atoms with van der Waals surface area (Å²) in [4.78, 5) is 0. The molecular formula is C10H15N3O. The van der Waals surface area contributed by atoms with Gasteiger partial charge in [0.2, 0.25) is 11.8 Å². The van der Waals surface area contributed by atoms with Gasteiger partial charge in [0.25, 0.3) is 0 Å². The van der Waals surface area contributed by atoms with Crippen molar-refractivity contribution in [2.24, 2.45) is 5.73 Å². The quantitative estimate of drug-likeness (QED) is 0.740. The van der Waals surface area contributed by atoms with Crippen molar-refractivity contribution in [3.8, 4) is 0 Å². The van der Waals surface area contributed by atoms with Gasteiger partial charge in [-0.1, -0.05) is 13.0 Å². The second kappa shape index (κ2) is 3.53. The number of hydrogen-bond donors (Lipinski definition) is 1. The first-order valence-corrected chi connectivity index (χ1v) is 4.92. The van der Waals surface area contributed by atoms with Gasteiger partial charge in [-0.25, -0.2) is 0 Å². The van der Waals surface area contributed by atoms with Crippen LogP contribution in [0.4, 0.5) is 0 Å². The molecule has 0 spiro atoms. The summed E-state index contributed by atoms with van der Waals surface area (Å²) >= 11 is 0. The third-order valence-corrected chi connectivity index (χ3v) is 2.72. The first kappa shape index (κ1) is 9.40. The molecule has 0 aromatic carbocycles. The van der Waals surface area contributed by atoms with Crippen LogP contribution in [0, 0.1) is 0 Å². The molecule has 1 aliphatic rings. The van der Waals surface area contributed by atoms with Crippen molar-refractivity contribution in [3.63, 3.8) is 0 Å². The fraction of sp³-hybridized carbons (Fsp3) is 0.600. The van der Waals surface area contributed by atoms with Gasteiger partial charge >= 0.3 is 0 Å². The second-order valence-electron chi connectivity index (χ2n) is 3.93. The minimum absolute atomic E-state index is 0.130. The van der Waals surface area contributed by atoms with E-state index in [2.05, 4.69) is 16.8 Å². The zero-order valence-corrected chi connectivity index (χ0v) is 8.31. The Kier molecular flexibility index (Phi) is 2.37. The van der Waals surface area contributed by atoms with Gasteiger partial charge in [-0.2, -0.15) is 0 Å². The fourth-order valence-electron chi connectivity index (χ4n) is 1.56. The van der Waals surface area contributed by atoms with Crippen LogP contribution in [0.1, 0.15) is 43.4 Å². The minimum atomic E-state index is 0.130. The van der Waals surface area contributed by atoms with E-state index in [0.29, 0.717) is 17.9 Å². The summed E-state index contributed by atoms with van der Waals surface area (Å²) < 4.78 is 5.54. The Hall–Kier alpha value is -1.16. The van der Waals surface area contributed by atoms with Crippen molar-refractivity contribution in [2.45, 2.75) is 37.6 Å². The molecule has 1 aromatic heterocycles. The van der Waals surface area contributed by atoms with Crippen LogP contribution in [-0.4, -0.2) is 16.2 Å². The summed E-state index contributed by atoms with van der Waals surface area (Å²) in [6, 6.07) is 0.312. The third kappa shape index (κ3) is 1.57. The predicted molar refractivity (Wildman–Crippen MR) is 52.9 cm³/mol. The Labute approximate surface area is 83.2 Å². The topological polar surface area (TPSA) is 64.9 Å². The SMILES string of the molecule is C=C[C@@H](C)c1nnc(C2CC(N)C2)o1. The predicted octanol–water partition coefficient (Wildman–Crippen LogP) is 1.56. The van der Waals surface area contributed by atoms with E-state index in [4.69, 9.17) is 10.2 Å². The average Bonchev–Trinajstić information content (AvgIpc) is 2.60. The number of aromatic nitrogens is 2. The molecule has 76 valence electrons. The average molecular weight is 193 g/mol. The standard InChI is InChI=1S/C10H15N3O/c1-3-6(2)9-12-13-10(14-9)7-4-8(11)5-7/h3,6-8H,1,4-5,11H2,2H3/t6-,7?,8?/m1/s1. The van der Waals surface area contributed by atoms with E-state index in [1.54, 1.807) is 6.08 Å². The number of allylic oxidation sites excluding steroid dienone is 1. The van der Waals surface area contributed by atoms with E-state index in [9.17, 15) is 0 Å². The maximum Gasteiger partial charge on any atom is 0.223 e. The number of rotatable bonds is 3. The van der Waals surface area contributed by atoms with Gasteiger partial charge in [-0.15, -0.1) is 16.8 Å². The van der Waals surface area contributed by atoms with E-state index in [-0.39, 0.29) is 5.92 Å². The Morgan fingerprint density at radius 3 is 2.86 bits per heavy atom. The highest BCUT2D eigenvalue weighted by Gasteiger charge is 2.31. The van der Waals surface area contributed by atoms with Gasteiger partial charge in [0, 0.05) is 12.0 Å². The lowest BCUT2D eigenvalue weighted by atomic mass is 9.81. The molecule has 4 nitrogen and oxygen atoms in total. The molecule has 1 aromatic rings. The van der Waals surface area contributed by atoms with E-state index in [1.165, 1.54) is 0 Å². The number of nitrogens with zero attached hydrogens (tertiary/aromatic N) is 2. The fourth-order valence-corrected chi connectivity index (χ4v) is 1.56. The van der Waals surface area contributed by atoms with Crippen LogP contribution in [0.3, 0.4) is 0 Å². The molecular weight excluding hydrogens is 178 g/mol. The highest BCUT2D eigenvalue weighted by Crippen LogP contribution is 2.35. The van der Waals surface area contributed by atoms with Crippen molar-refractivity contribution >= 4 is 0 Å². The Balaban J connectivity index is 2.06. The summed E-state index contributed by atoms with van der Waals surface area (Å²) in [6.07, 6.45) is 3.72. The highest BCUT2D eigenvalue weighted by molar-refractivity contribution is 5.04. The molecule has 0 saturated heterocycles. The Morgan fingerprint density at radius 1 is 1.57 bits per heavy atom. The third-order valence-electron chi connectivity index (χ3n) is 2.72. The van der Waals surface area contributed by atoms with Crippen molar-refractivity contribution in [1.82, 2.24) is 10.2 Å². The maximum absolute atomic E-state index is 5.69. The van der Waals surface area contributed by atoms with Crippen molar-refractivity contribution < 1.29 is 4.42 Å². The van der Waals surface area contributed by atoms with Gasteiger partial charge in [0.1, 0.15) is 0 Å². The van der Waals surface area contributed by atoms with Crippen molar-refractivity contribution in [1.29, 1.82) is 0 Å². The first-order chi connectivity index (χ1) is 6.70. The number of hydrogen-bond acceptors (Lipinski definition) is 4. The lowest BCUT2D eigenvalue weighted by Gasteiger charge is -2.29. The molecule has 4 heteroatoms. The zero-order chi connectivity index (χ0) is 10.1. The molecule has 0 amide bonds. The van der Waals surface area contributed by atoms with Crippen LogP contribution in [-0.2, 0) is 0 Å². The monoisotopic (exact) mass is 193 g/mol. The Morgan fingerprint density at radius 2 is 2.29 bits per heavy atom. The summed E-state index contributed by atoms with van der Waals surface area (Å²) in [6.45, 7) is 5.67. The minimum Gasteiger partial charge on any atom is -0.424 e. The van der Waals surface area contributed by atoms with Gasteiger partial charge < -0.3 is 10.2 Å². The van der Waals surface area contributed by atoms with Gasteiger partial charge in [-0.05, 0) is 12.8 Å². The second-order valence-corrected chi connectivity index (χ2v) is 3.93. The molecule has 1 saturated carbocycles. The highest BCUT2D eigenvalue weighted by atomic mass is 16.4. The summed E-state index contributed by atoms with van der Waals surface area (Å²) in [5.41, 5.74) is 5.69. The van der Waals surface area contributed by atoms with Crippen LogP contribution in [0.15, 0.2) is 17.1 Å². The van der Waals surface area contributed by atoms with Crippen LogP contribution in [0.25, 0.3) is 0 Å². The van der Waals surface area contributed by atoms with Crippen molar-refractivity contribution in [3.05, 3.63) is 24.4 Å². The van der Waals surface area contributed by atoms with E-state index in [1.807, 2.05) is 6.92 Å². The lowest BCUT2D eigenvalue weighted by Crippen LogP contribution is -2.34.